The van der Waals surface area contributed by atoms with Crippen molar-refractivity contribution in [1.29, 1.82) is 0 Å². The van der Waals surface area contributed by atoms with Gasteiger partial charge in [-0.25, -0.2) is 9.59 Å². The molecule has 7 nitrogen and oxygen atoms in total. The molecule has 1 unspecified atom stereocenters. The van der Waals surface area contributed by atoms with E-state index in [1.54, 1.807) is 11.8 Å². The minimum Gasteiger partial charge on any atom is -0.452 e. The molecule has 0 aliphatic carbocycles. The first-order valence-electron chi connectivity index (χ1n) is 5.64. The van der Waals surface area contributed by atoms with Gasteiger partial charge in [0.15, 0.2) is 6.61 Å². The number of carbonyl (C=O) groups is 3. The van der Waals surface area contributed by atoms with E-state index < -0.39 is 11.9 Å². The van der Waals surface area contributed by atoms with Crippen LogP contribution >= 0.6 is 0 Å². The molecule has 1 heterocycles. The highest BCUT2D eigenvalue weighted by Crippen LogP contribution is 1.98. The number of amides is 3. The molecule has 0 spiro atoms. The second-order valence-corrected chi connectivity index (χ2v) is 3.96. The molecule has 0 saturated carbocycles. The van der Waals surface area contributed by atoms with Gasteiger partial charge in [0, 0.05) is 31.8 Å². The molecule has 7 heteroatoms. The predicted molar refractivity (Wildman–Crippen MR) is 63.7 cm³/mol. The summed E-state index contributed by atoms with van der Waals surface area (Å²) < 4.78 is 4.58. The minimum absolute atomic E-state index is 0.130. The van der Waals surface area contributed by atoms with E-state index in [0.717, 1.165) is 6.08 Å². The summed E-state index contributed by atoms with van der Waals surface area (Å²) in [6.45, 7) is 6.32. The van der Waals surface area contributed by atoms with E-state index in [9.17, 15) is 14.4 Å². The van der Waals surface area contributed by atoms with Crippen LogP contribution in [0.4, 0.5) is 4.79 Å². The Morgan fingerprint density at radius 3 is 2.94 bits per heavy atom. The van der Waals surface area contributed by atoms with Crippen LogP contribution in [0.1, 0.15) is 6.92 Å². The Balaban J connectivity index is 2.24. The van der Waals surface area contributed by atoms with Gasteiger partial charge in [-0.3, -0.25) is 4.79 Å². The lowest BCUT2D eigenvalue weighted by Gasteiger charge is -2.20. The molecule has 1 fully saturated rings. The van der Waals surface area contributed by atoms with E-state index in [4.69, 9.17) is 0 Å². The molecule has 0 aromatic rings. The molecule has 0 bridgehead atoms. The summed E-state index contributed by atoms with van der Waals surface area (Å²) in [6, 6.07) is -0.335. The van der Waals surface area contributed by atoms with Crippen molar-refractivity contribution >= 4 is 17.9 Å². The zero-order valence-corrected chi connectivity index (χ0v) is 10.3. The van der Waals surface area contributed by atoms with E-state index in [2.05, 4.69) is 21.9 Å². The van der Waals surface area contributed by atoms with Crippen molar-refractivity contribution in [2.45, 2.75) is 13.0 Å². The highest BCUT2D eigenvalue weighted by molar-refractivity contribution is 5.85. The van der Waals surface area contributed by atoms with Crippen LogP contribution in [-0.2, 0) is 14.3 Å². The minimum atomic E-state index is -0.642. The molecule has 0 radical (unpaired) electrons. The fourth-order valence-corrected chi connectivity index (χ4v) is 1.57. The Labute approximate surface area is 105 Å². The van der Waals surface area contributed by atoms with E-state index >= 15 is 0 Å². The molecule has 1 aliphatic rings. The average molecular weight is 255 g/mol. The highest BCUT2D eigenvalue weighted by atomic mass is 16.5. The fourth-order valence-electron chi connectivity index (χ4n) is 1.57. The summed E-state index contributed by atoms with van der Waals surface area (Å²) in [5.74, 6) is -1.05. The van der Waals surface area contributed by atoms with Crippen LogP contribution < -0.4 is 10.6 Å². The number of nitrogens with zero attached hydrogens (tertiary/aromatic N) is 1. The quantitative estimate of drug-likeness (QED) is 0.482. The van der Waals surface area contributed by atoms with Crippen molar-refractivity contribution in [1.82, 2.24) is 15.5 Å². The first kappa shape index (κ1) is 14.0. The molecule has 1 atom stereocenters. The number of urea groups is 1. The van der Waals surface area contributed by atoms with Gasteiger partial charge < -0.3 is 20.3 Å². The topological polar surface area (TPSA) is 87.7 Å². The summed E-state index contributed by atoms with van der Waals surface area (Å²) in [5, 5.41) is 5.30. The van der Waals surface area contributed by atoms with Crippen LogP contribution in [0.5, 0.6) is 0 Å². The first-order chi connectivity index (χ1) is 8.52. The van der Waals surface area contributed by atoms with Crippen LogP contribution in [0.3, 0.4) is 0 Å². The number of hydrogen-bond acceptors (Lipinski definition) is 4. The molecular formula is C11H17N3O4. The van der Waals surface area contributed by atoms with Crippen molar-refractivity contribution in [3.8, 4) is 0 Å². The fraction of sp³-hybridized carbons (Fsp3) is 0.545. The second-order valence-electron chi connectivity index (χ2n) is 3.96. The Morgan fingerprint density at radius 1 is 1.67 bits per heavy atom. The second kappa shape index (κ2) is 6.63. The maximum absolute atomic E-state index is 11.4. The maximum Gasteiger partial charge on any atom is 0.330 e. The molecule has 100 valence electrons. The van der Waals surface area contributed by atoms with Gasteiger partial charge in [-0.1, -0.05) is 6.58 Å². The average Bonchev–Trinajstić information content (AvgIpc) is 2.71. The molecule has 0 aromatic carbocycles. The summed E-state index contributed by atoms with van der Waals surface area (Å²) in [6.07, 6.45) is 0.991. The monoisotopic (exact) mass is 255 g/mol. The number of nitrogens with one attached hydrogen (secondary N) is 2. The van der Waals surface area contributed by atoms with Gasteiger partial charge in [0.05, 0.1) is 0 Å². The Morgan fingerprint density at radius 2 is 2.39 bits per heavy atom. The van der Waals surface area contributed by atoms with E-state index in [0.29, 0.717) is 19.6 Å². The van der Waals surface area contributed by atoms with E-state index in [-0.39, 0.29) is 18.7 Å². The standard InChI is InChI=1S/C11H17N3O4/c1-3-10(16)18-7-9(15)13-8(2)6-14-5-4-12-11(14)17/h3,8H,1,4-7H2,2H3,(H,12,17)(H,13,15). The van der Waals surface area contributed by atoms with Crippen molar-refractivity contribution in [2.24, 2.45) is 0 Å². The van der Waals surface area contributed by atoms with Crippen molar-refractivity contribution < 1.29 is 19.1 Å². The molecule has 18 heavy (non-hydrogen) atoms. The van der Waals surface area contributed by atoms with Crippen LogP contribution in [0.2, 0.25) is 0 Å². The lowest BCUT2D eigenvalue weighted by molar-refractivity contribution is -0.144. The van der Waals surface area contributed by atoms with Gasteiger partial charge in [-0.2, -0.15) is 0 Å². The number of hydrogen-bond donors (Lipinski definition) is 2. The maximum atomic E-state index is 11.4. The Kier molecular flexibility index (Phi) is 5.16. The zero-order valence-electron chi connectivity index (χ0n) is 10.3. The number of ether oxygens (including phenoxy) is 1. The lowest BCUT2D eigenvalue weighted by Crippen LogP contribution is -2.44. The van der Waals surface area contributed by atoms with Crippen molar-refractivity contribution in [3.63, 3.8) is 0 Å². The van der Waals surface area contributed by atoms with Gasteiger partial charge in [0.1, 0.15) is 0 Å². The molecule has 1 aliphatic heterocycles. The van der Waals surface area contributed by atoms with Gasteiger partial charge in [-0.15, -0.1) is 0 Å². The molecular weight excluding hydrogens is 238 g/mol. The smallest absolute Gasteiger partial charge is 0.330 e. The van der Waals surface area contributed by atoms with Crippen molar-refractivity contribution in [3.05, 3.63) is 12.7 Å². The van der Waals surface area contributed by atoms with Crippen molar-refractivity contribution in [2.75, 3.05) is 26.2 Å². The Bertz CT molecular complexity index is 356. The molecule has 2 N–H and O–H groups in total. The normalized spacial score (nSPS) is 15.8. The summed E-state index contributed by atoms with van der Waals surface area (Å²) in [7, 11) is 0. The summed E-state index contributed by atoms with van der Waals surface area (Å²) >= 11 is 0. The lowest BCUT2D eigenvalue weighted by atomic mass is 10.3. The van der Waals surface area contributed by atoms with Crippen LogP contribution in [0, 0.1) is 0 Å². The van der Waals surface area contributed by atoms with Crippen LogP contribution in [0.25, 0.3) is 0 Å². The summed E-state index contributed by atoms with van der Waals surface area (Å²) in [5.41, 5.74) is 0. The van der Waals surface area contributed by atoms with Gasteiger partial charge in [-0.05, 0) is 6.92 Å². The SMILES string of the molecule is C=CC(=O)OCC(=O)NC(C)CN1CCNC1=O. The highest BCUT2D eigenvalue weighted by Gasteiger charge is 2.21. The number of esters is 1. The van der Waals surface area contributed by atoms with Gasteiger partial charge in [0.25, 0.3) is 5.91 Å². The van der Waals surface area contributed by atoms with Crippen LogP contribution in [0.15, 0.2) is 12.7 Å². The largest absolute Gasteiger partial charge is 0.452 e. The molecule has 1 saturated heterocycles. The van der Waals surface area contributed by atoms with Crippen LogP contribution in [-0.4, -0.2) is 55.1 Å². The first-order valence-corrected chi connectivity index (χ1v) is 5.64. The zero-order chi connectivity index (χ0) is 13.5. The number of carbonyl (C=O) groups excluding carboxylic acids is 3. The third-order valence-electron chi connectivity index (χ3n) is 2.36. The van der Waals surface area contributed by atoms with Gasteiger partial charge in [0.2, 0.25) is 0 Å². The van der Waals surface area contributed by atoms with E-state index in [1.165, 1.54) is 0 Å². The van der Waals surface area contributed by atoms with E-state index in [1.807, 2.05) is 0 Å². The predicted octanol–water partition coefficient (Wildman–Crippen LogP) is -0.754. The molecule has 0 aromatic heterocycles. The third kappa shape index (κ3) is 4.44. The molecule has 1 rings (SSSR count). The summed E-state index contributed by atoms with van der Waals surface area (Å²) in [4.78, 5) is 35.0. The van der Waals surface area contributed by atoms with Gasteiger partial charge >= 0.3 is 12.0 Å². The Hall–Kier alpha value is -2.05. The number of rotatable bonds is 6. The third-order valence-corrected chi connectivity index (χ3v) is 2.36. The molecule has 3 amide bonds.